The highest BCUT2D eigenvalue weighted by Gasteiger charge is 2.09. The second kappa shape index (κ2) is 8.80. The quantitative estimate of drug-likeness (QED) is 0.550. The Labute approximate surface area is 152 Å². The van der Waals surface area contributed by atoms with Gasteiger partial charge in [-0.1, -0.05) is 12.1 Å². The van der Waals surface area contributed by atoms with E-state index in [0.29, 0.717) is 5.71 Å². The molecule has 0 aliphatic carbocycles. The molecule has 0 aliphatic rings. The molecule has 0 bridgehead atoms. The van der Waals surface area contributed by atoms with Crippen LogP contribution >= 0.6 is 0 Å². The first-order chi connectivity index (χ1) is 12.3. The number of anilines is 1. The van der Waals surface area contributed by atoms with Gasteiger partial charge in [-0.3, -0.25) is 9.59 Å². The zero-order valence-electron chi connectivity index (χ0n) is 15.2. The Morgan fingerprint density at radius 2 is 1.65 bits per heavy atom. The summed E-state index contributed by atoms with van der Waals surface area (Å²) >= 11 is 0. The zero-order chi connectivity index (χ0) is 19.1. The number of rotatable bonds is 6. The Balaban J connectivity index is 1.82. The standard InChI is InChI=1S/C20H23N3O3/c1-13-4-5-14(2)18(12-13)21-19(25)10-11-20(26)23-22-15(3)16-6-8-17(24)9-7-16/h4-9,12,24H,10-11H2,1-3H3,(H,21,25)(H,23,26)/b22-15+. The molecule has 6 heteroatoms. The third-order valence-electron chi connectivity index (χ3n) is 3.88. The summed E-state index contributed by atoms with van der Waals surface area (Å²) < 4.78 is 0. The van der Waals surface area contributed by atoms with Crippen molar-refractivity contribution in [3.8, 4) is 5.75 Å². The van der Waals surface area contributed by atoms with E-state index < -0.39 is 0 Å². The Morgan fingerprint density at radius 3 is 2.35 bits per heavy atom. The summed E-state index contributed by atoms with van der Waals surface area (Å²) in [5, 5.41) is 16.1. The lowest BCUT2D eigenvalue weighted by Crippen LogP contribution is -2.22. The molecule has 0 aromatic heterocycles. The SMILES string of the molecule is C/C(=N\NC(=O)CCC(=O)Nc1cc(C)ccc1C)c1ccc(O)cc1. The van der Waals surface area contributed by atoms with Crippen molar-refractivity contribution in [2.45, 2.75) is 33.6 Å². The number of carbonyl (C=O) groups excluding carboxylic acids is 2. The molecule has 3 N–H and O–H groups in total. The molecule has 136 valence electrons. The van der Waals surface area contributed by atoms with E-state index in [0.717, 1.165) is 22.4 Å². The lowest BCUT2D eigenvalue weighted by atomic mass is 10.1. The zero-order valence-corrected chi connectivity index (χ0v) is 15.2. The number of carbonyl (C=O) groups is 2. The van der Waals surface area contributed by atoms with Crippen LogP contribution in [0.3, 0.4) is 0 Å². The molecule has 0 fully saturated rings. The molecule has 0 saturated carbocycles. The van der Waals surface area contributed by atoms with Crippen LogP contribution in [-0.2, 0) is 9.59 Å². The minimum atomic E-state index is -0.334. The summed E-state index contributed by atoms with van der Waals surface area (Å²) in [5.74, 6) is -0.382. The molecule has 0 unspecified atom stereocenters. The van der Waals surface area contributed by atoms with E-state index in [2.05, 4.69) is 15.8 Å². The van der Waals surface area contributed by atoms with Gasteiger partial charge in [0.2, 0.25) is 11.8 Å². The number of hydrogen-bond donors (Lipinski definition) is 3. The van der Waals surface area contributed by atoms with Crippen molar-refractivity contribution in [1.29, 1.82) is 0 Å². The molecule has 0 radical (unpaired) electrons. The molecule has 26 heavy (non-hydrogen) atoms. The van der Waals surface area contributed by atoms with Gasteiger partial charge >= 0.3 is 0 Å². The number of nitrogens with zero attached hydrogens (tertiary/aromatic N) is 1. The topological polar surface area (TPSA) is 90.8 Å². The maximum atomic E-state index is 12.0. The van der Waals surface area contributed by atoms with Gasteiger partial charge in [0, 0.05) is 18.5 Å². The van der Waals surface area contributed by atoms with Crippen LogP contribution < -0.4 is 10.7 Å². The third kappa shape index (κ3) is 5.73. The number of hydrazone groups is 1. The van der Waals surface area contributed by atoms with Crippen molar-refractivity contribution < 1.29 is 14.7 Å². The molecular formula is C20H23N3O3. The van der Waals surface area contributed by atoms with Gasteiger partial charge in [0.1, 0.15) is 5.75 Å². The monoisotopic (exact) mass is 353 g/mol. The largest absolute Gasteiger partial charge is 0.508 e. The number of hydrogen-bond acceptors (Lipinski definition) is 4. The fourth-order valence-corrected chi connectivity index (χ4v) is 2.28. The summed E-state index contributed by atoms with van der Waals surface area (Å²) in [4.78, 5) is 23.9. The van der Waals surface area contributed by atoms with Crippen LogP contribution in [0.15, 0.2) is 47.6 Å². The number of phenols is 1. The van der Waals surface area contributed by atoms with Crippen molar-refractivity contribution in [2.75, 3.05) is 5.32 Å². The molecule has 0 spiro atoms. The van der Waals surface area contributed by atoms with Crippen LogP contribution in [0.5, 0.6) is 5.75 Å². The number of phenolic OH excluding ortho intramolecular Hbond substituents is 1. The van der Waals surface area contributed by atoms with Gasteiger partial charge in [0.25, 0.3) is 0 Å². The maximum absolute atomic E-state index is 12.0. The van der Waals surface area contributed by atoms with Crippen LogP contribution in [0, 0.1) is 13.8 Å². The van der Waals surface area contributed by atoms with Crippen molar-refractivity contribution in [2.24, 2.45) is 5.10 Å². The van der Waals surface area contributed by atoms with Crippen molar-refractivity contribution in [3.63, 3.8) is 0 Å². The lowest BCUT2D eigenvalue weighted by Gasteiger charge is -2.09. The highest BCUT2D eigenvalue weighted by Crippen LogP contribution is 2.16. The van der Waals surface area contributed by atoms with E-state index in [1.54, 1.807) is 31.2 Å². The van der Waals surface area contributed by atoms with E-state index in [9.17, 15) is 14.7 Å². The van der Waals surface area contributed by atoms with E-state index in [4.69, 9.17) is 0 Å². The number of aryl methyl sites for hydroxylation is 2. The minimum Gasteiger partial charge on any atom is -0.508 e. The predicted molar refractivity (Wildman–Crippen MR) is 102 cm³/mol. The smallest absolute Gasteiger partial charge is 0.240 e. The van der Waals surface area contributed by atoms with E-state index >= 15 is 0 Å². The maximum Gasteiger partial charge on any atom is 0.240 e. The summed E-state index contributed by atoms with van der Waals surface area (Å²) in [6.45, 7) is 5.62. The molecule has 2 aromatic rings. The minimum absolute atomic E-state index is 0.0447. The van der Waals surface area contributed by atoms with Gasteiger partial charge in [0.15, 0.2) is 0 Å². The second-order valence-electron chi connectivity index (χ2n) is 6.15. The molecule has 0 heterocycles. The number of benzene rings is 2. The fraction of sp³-hybridized carbons (Fsp3) is 0.250. The first-order valence-corrected chi connectivity index (χ1v) is 8.35. The Bertz CT molecular complexity index is 827. The van der Waals surface area contributed by atoms with Crippen molar-refractivity contribution in [1.82, 2.24) is 5.43 Å². The van der Waals surface area contributed by atoms with Gasteiger partial charge < -0.3 is 10.4 Å². The molecule has 2 rings (SSSR count). The van der Waals surface area contributed by atoms with Crippen molar-refractivity contribution >= 4 is 23.2 Å². The Morgan fingerprint density at radius 1 is 1.00 bits per heavy atom. The number of aromatic hydroxyl groups is 1. The summed E-state index contributed by atoms with van der Waals surface area (Å²) in [5.41, 5.74) is 6.63. The van der Waals surface area contributed by atoms with Gasteiger partial charge in [-0.05, 0) is 67.8 Å². The third-order valence-corrected chi connectivity index (χ3v) is 3.88. The summed E-state index contributed by atoms with van der Waals surface area (Å²) in [6, 6.07) is 12.3. The van der Waals surface area contributed by atoms with E-state index in [-0.39, 0.29) is 30.4 Å². The molecule has 6 nitrogen and oxygen atoms in total. The summed E-state index contributed by atoms with van der Waals surface area (Å²) in [6.07, 6.45) is 0.121. The number of nitrogens with one attached hydrogen (secondary N) is 2. The first-order valence-electron chi connectivity index (χ1n) is 8.35. The molecule has 0 saturated heterocycles. The molecule has 0 atom stereocenters. The number of amides is 2. The van der Waals surface area contributed by atoms with Crippen molar-refractivity contribution in [3.05, 3.63) is 59.2 Å². The molecular weight excluding hydrogens is 330 g/mol. The Hall–Kier alpha value is -3.15. The van der Waals surface area contributed by atoms with Gasteiger partial charge in [-0.25, -0.2) is 5.43 Å². The van der Waals surface area contributed by atoms with Crippen LogP contribution in [0.1, 0.15) is 36.5 Å². The molecule has 2 amide bonds. The highest BCUT2D eigenvalue weighted by molar-refractivity contribution is 5.99. The van der Waals surface area contributed by atoms with Gasteiger partial charge in [-0.15, -0.1) is 0 Å². The average molecular weight is 353 g/mol. The Kier molecular flexibility index (Phi) is 6.49. The van der Waals surface area contributed by atoms with Gasteiger partial charge in [0.05, 0.1) is 5.71 Å². The average Bonchev–Trinajstić information content (AvgIpc) is 2.61. The fourth-order valence-electron chi connectivity index (χ4n) is 2.28. The van der Waals surface area contributed by atoms with Crippen LogP contribution in [0.2, 0.25) is 0 Å². The molecule has 0 aliphatic heterocycles. The predicted octanol–water partition coefficient (Wildman–Crippen LogP) is 3.27. The summed E-state index contributed by atoms with van der Waals surface area (Å²) in [7, 11) is 0. The van der Waals surface area contributed by atoms with Crippen LogP contribution in [0.4, 0.5) is 5.69 Å². The van der Waals surface area contributed by atoms with Crippen LogP contribution in [0.25, 0.3) is 0 Å². The second-order valence-corrected chi connectivity index (χ2v) is 6.15. The van der Waals surface area contributed by atoms with Crippen LogP contribution in [-0.4, -0.2) is 22.6 Å². The van der Waals surface area contributed by atoms with Gasteiger partial charge in [-0.2, -0.15) is 5.10 Å². The first kappa shape index (κ1) is 19.2. The normalized spacial score (nSPS) is 11.1. The molecule has 2 aromatic carbocycles. The lowest BCUT2D eigenvalue weighted by molar-refractivity contribution is -0.124. The van der Waals surface area contributed by atoms with E-state index in [1.807, 2.05) is 32.0 Å². The highest BCUT2D eigenvalue weighted by atomic mass is 16.3. The van der Waals surface area contributed by atoms with E-state index in [1.165, 1.54) is 0 Å².